The van der Waals surface area contributed by atoms with Crippen LogP contribution in [0, 0.1) is 0 Å². The predicted molar refractivity (Wildman–Crippen MR) is 81.0 cm³/mol. The molecule has 0 aliphatic carbocycles. The molecule has 112 valence electrons. The van der Waals surface area contributed by atoms with E-state index < -0.39 is 5.97 Å². The molecular formula is C16H20N2O3. The summed E-state index contributed by atoms with van der Waals surface area (Å²) in [6, 6.07) is 9.27. The Hall–Kier alpha value is -2.30. The highest BCUT2D eigenvalue weighted by Crippen LogP contribution is 2.24. The standard InChI is InChI=1S/C16H20N2O3/c1-16(2,3)14-12(9-10-13(19)20)15(21)18(17-14)11-7-5-4-6-8-11/h4-8,17H,9-10H2,1-3H3,(H,19,20). The van der Waals surface area contributed by atoms with E-state index in [0.29, 0.717) is 5.56 Å². The molecule has 0 unspecified atom stereocenters. The predicted octanol–water partition coefficient (Wildman–Crippen LogP) is 2.48. The van der Waals surface area contributed by atoms with Gasteiger partial charge in [0.1, 0.15) is 0 Å². The third-order valence-electron chi connectivity index (χ3n) is 3.34. The third kappa shape index (κ3) is 3.24. The average molecular weight is 288 g/mol. The minimum absolute atomic E-state index is 0.0506. The number of aromatic nitrogens is 2. The molecule has 0 spiro atoms. The monoisotopic (exact) mass is 288 g/mol. The van der Waals surface area contributed by atoms with Gasteiger partial charge in [-0.15, -0.1) is 0 Å². The Morgan fingerprint density at radius 3 is 2.38 bits per heavy atom. The zero-order valence-corrected chi connectivity index (χ0v) is 12.5. The first-order valence-corrected chi connectivity index (χ1v) is 6.92. The highest BCUT2D eigenvalue weighted by atomic mass is 16.4. The average Bonchev–Trinajstić information content (AvgIpc) is 2.74. The molecule has 1 aromatic carbocycles. The Morgan fingerprint density at radius 2 is 1.86 bits per heavy atom. The number of carboxylic acid groups (broad SMARTS) is 1. The Balaban J connectivity index is 2.55. The molecule has 1 heterocycles. The number of hydrogen-bond donors (Lipinski definition) is 2. The maximum absolute atomic E-state index is 12.6. The van der Waals surface area contributed by atoms with Crippen molar-refractivity contribution in [3.63, 3.8) is 0 Å². The molecule has 5 heteroatoms. The van der Waals surface area contributed by atoms with Crippen molar-refractivity contribution in [3.8, 4) is 5.69 Å². The van der Waals surface area contributed by atoms with Gasteiger partial charge in [-0.25, -0.2) is 4.68 Å². The van der Waals surface area contributed by atoms with Crippen LogP contribution in [0.15, 0.2) is 35.1 Å². The topological polar surface area (TPSA) is 75.1 Å². The van der Waals surface area contributed by atoms with Gasteiger partial charge in [0.25, 0.3) is 5.56 Å². The number of nitrogens with zero attached hydrogens (tertiary/aromatic N) is 1. The number of carboxylic acids is 1. The number of rotatable bonds is 4. The van der Waals surface area contributed by atoms with Crippen LogP contribution in [-0.4, -0.2) is 20.9 Å². The Morgan fingerprint density at radius 1 is 1.24 bits per heavy atom. The van der Waals surface area contributed by atoms with Gasteiger partial charge in [0.05, 0.1) is 5.69 Å². The molecule has 0 amide bonds. The number of aliphatic carboxylic acids is 1. The van der Waals surface area contributed by atoms with Gasteiger partial charge in [-0.2, -0.15) is 0 Å². The van der Waals surface area contributed by atoms with Crippen molar-refractivity contribution in [2.24, 2.45) is 0 Å². The van der Waals surface area contributed by atoms with Crippen molar-refractivity contribution in [1.29, 1.82) is 0 Å². The first-order valence-electron chi connectivity index (χ1n) is 6.92. The highest BCUT2D eigenvalue weighted by molar-refractivity contribution is 5.67. The van der Waals surface area contributed by atoms with Crippen molar-refractivity contribution < 1.29 is 9.90 Å². The second kappa shape index (κ2) is 5.60. The van der Waals surface area contributed by atoms with Gasteiger partial charge in [-0.05, 0) is 18.6 Å². The fraction of sp³-hybridized carbons (Fsp3) is 0.375. The summed E-state index contributed by atoms with van der Waals surface area (Å²) in [5.41, 5.74) is 1.65. The Bertz CT molecular complexity index is 691. The van der Waals surface area contributed by atoms with Crippen LogP contribution < -0.4 is 5.56 Å². The molecule has 0 aliphatic heterocycles. The van der Waals surface area contributed by atoms with Crippen LogP contribution >= 0.6 is 0 Å². The molecule has 0 saturated heterocycles. The van der Waals surface area contributed by atoms with Crippen molar-refractivity contribution in [2.75, 3.05) is 0 Å². The Kier molecular flexibility index (Phi) is 4.02. The van der Waals surface area contributed by atoms with E-state index in [9.17, 15) is 9.59 Å². The molecule has 21 heavy (non-hydrogen) atoms. The number of nitrogens with one attached hydrogen (secondary N) is 1. The van der Waals surface area contributed by atoms with Gasteiger partial charge in [0.2, 0.25) is 0 Å². The fourth-order valence-electron chi connectivity index (χ4n) is 2.32. The molecule has 0 aliphatic rings. The largest absolute Gasteiger partial charge is 0.481 e. The van der Waals surface area contributed by atoms with E-state index in [1.807, 2.05) is 51.1 Å². The van der Waals surface area contributed by atoms with Gasteiger partial charge in [-0.3, -0.25) is 14.7 Å². The summed E-state index contributed by atoms with van der Waals surface area (Å²) in [6.07, 6.45) is 0.183. The van der Waals surface area contributed by atoms with Gasteiger partial charge in [-0.1, -0.05) is 39.0 Å². The molecule has 0 atom stereocenters. The highest BCUT2D eigenvalue weighted by Gasteiger charge is 2.25. The molecule has 5 nitrogen and oxygen atoms in total. The summed E-state index contributed by atoms with van der Waals surface area (Å²) in [5.74, 6) is -0.901. The van der Waals surface area contributed by atoms with Gasteiger partial charge in [0, 0.05) is 23.1 Å². The van der Waals surface area contributed by atoms with Crippen molar-refractivity contribution >= 4 is 5.97 Å². The van der Waals surface area contributed by atoms with E-state index in [4.69, 9.17) is 5.11 Å². The summed E-state index contributed by atoms with van der Waals surface area (Å²) in [6.45, 7) is 5.99. The van der Waals surface area contributed by atoms with E-state index in [1.54, 1.807) is 0 Å². The zero-order chi connectivity index (χ0) is 15.6. The lowest BCUT2D eigenvalue weighted by atomic mass is 9.88. The van der Waals surface area contributed by atoms with Crippen LogP contribution in [0.25, 0.3) is 5.69 Å². The number of para-hydroxylation sites is 1. The number of aromatic amines is 1. The molecule has 2 N–H and O–H groups in total. The Labute approximate surface area is 123 Å². The number of benzene rings is 1. The van der Waals surface area contributed by atoms with E-state index in [-0.39, 0.29) is 23.8 Å². The van der Waals surface area contributed by atoms with Crippen LogP contribution in [0.4, 0.5) is 0 Å². The zero-order valence-electron chi connectivity index (χ0n) is 12.5. The molecule has 0 bridgehead atoms. The van der Waals surface area contributed by atoms with E-state index in [2.05, 4.69) is 5.10 Å². The van der Waals surface area contributed by atoms with Crippen LogP contribution in [0.3, 0.4) is 0 Å². The maximum atomic E-state index is 12.6. The van der Waals surface area contributed by atoms with Crippen LogP contribution in [0.2, 0.25) is 0 Å². The van der Waals surface area contributed by atoms with Crippen molar-refractivity contribution in [3.05, 3.63) is 51.9 Å². The van der Waals surface area contributed by atoms with Crippen LogP contribution in [-0.2, 0) is 16.6 Å². The van der Waals surface area contributed by atoms with E-state index >= 15 is 0 Å². The lowest BCUT2D eigenvalue weighted by molar-refractivity contribution is -0.136. The van der Waals surface area contributed by atoms with Gasteiger partial charge < -0.3 is 5.11 Å². The number of hydrogen-bond acceptors (Lipinski definition) is 2. The van der Waals surface area contributed by atoms with Crippen molar-refractivity contribution in [1.82, 2.24) is 9.78 Å². The second-order valence-electron chi connectivity index (χ2n) is 6.09. The molecule has 2 rings (SSSR count). The lowest BCUT2D eigenvalue weighted by Gasteiger charge is -2.18. The normalized spacial score (nSPS) is 11.6. The SMILES string of the molecule is CC(C)(C)c1[nH]n(-c2ccccc2)c(=O)c1CCC(=O)O. The van der Waals surface area contributed by atoms with E-state index in [1.165, 1.54) is 4.68 Å². The summed E-state index contributed by atoms with van der Waals surface area (Å²) < 4.78 is 1.48. The first-order chi connectivity index (χ1) is 9.80. The fourth-order valence-corrected chi connectivity index (χ4v) is 2.32. The van der Waals surface area contributed by atoms with Gasteiger partial charge >= 0.3 is 5.97 Å². The molecule has 2 aromatic rings. The molecule has 1 aromatic heterocycles. The third-order valence-corrected chi connectivity index (χ3v) is 3.34. The van der Waals surface area contributed by atoms with Crippen LogP contribution in [0.5, 0.6) is 0 Å². The molecule has 0 saturated carbocycles. The molecular weight excluding hydrogens is 268 g/mol. The van der Waals surface area contributed by atoms with Crippen molar-refractivity contribution in [2.45, 2.75) is 39.0 Å². The summed E-state index contributed by atoms with van der Waals surface area (Å²) in [4.78, 5) is 23.4. The minimum atomic E-state index is -0.901. The first kappa shape index (κ1) is 15.1. The van der Waals surface area contributed by atoms with Crippen LogP contribution in [0.1, 0.15) is 38.4 Å². The second-order valence-corrected chi connectivity index (χ2v) is 6.09. The smallest absolute Gasteiger partial charge is 0.303 e. The number of carbonyl (C=O) groups is 1. The molecule has 0 radical (unpaired) electrons. The summed E-state index contributed by atoms with van der Waals surface area (Å²) >= 11 is 0. The van der Waals surface area contributed by atoms with Gasteiger partial charge in [0.15, 0.2) is 0 Å². The molecule has 0 fully saturated rings. The summed E-state index contributed by atoms with van der Waals surface area (Å²) in [7, 11) is 0. The minimum Gasteiger partial charge on any atom is -0.481 e. The maximum Gasteiger partial charge on any atom is 0.303 e. The van der Waals surface area contributed by atoms with E-state index in [0.717, 1.165) is 11.4 Å². The summed E-state index contributed by atoms with van der Waals surface area (Å²) in [5, 5.41) is 12.0. The number of H-pyrrole nitrogens is 1. The quantitative estimate of drug-likeness (QED) is 0.907. The lowest BCUT2D eigenvalue weighted by Crippen LogP contribution is -2.19.